The first kappa shape index (κ1) is 22.7. The SMILES string of the molecule is CC(C)CCC(=O)N1CCC(NC(=O)N(c2ccc3[nH]c(=S)sc3c2)C(C)C)CC1. The molecule has 3 rings (SSSR count). The number of hydrogen-bond acceptors (Lipinski definition) is 4. The van der Waals surface area contributed by atoms with Crippen molar-refractivity contribution in [1.82, 2.24) is 15.2 Å². The van der Waals surface area contributed by atoms with Gasteiger partial charge in [-0.1, -0.05) is 13.8 Å². The highest BCUT2D eigenvalue weighted by atomic mass is 32.1. The molecule has 2 heterocycles. The van der Waals surface area contributed by atoms with E-state index in [0.29, 0.717) is 25.4 Å². The van der Waals surface area contributed by atoms with Crippen LogP contribution in [0.25, 0.3) is 10.2 Å². The average Bonchev–Trinajstić information content (AvgIpc) is 3.05. The normalized spacial score (nSPS) is 15.2. The maximum absolute atomic E-state index is 13.1. The molecule has 0 unspecified atom stereocenters. The van der Waals surface area contributed by atoms with Crippen LogP contribution in [0.5, 0.6) is 0 Å². The lowest BCUT2D eigenvalue weighted by atomic mass is 10.0. The maximum atomic E-state index is 13.1. The highest BCUT2D eigenvalue weighted by Crippen LogP contribution is 2.27. The van der Waals surface area contributed by atoms with Crippen molar-refractivity contribution in [3.05, 3.63) is 22.2 Å². The fourth-order valence-electron chi connectivity index (χ4n) is 3.82. The van der Waals surface area contributed by atoms with Gasteiger partial charge < -0.3 is 15.2 Å². The zero-order chi connectivity index (χ0) is 21.8. The molecule has 1 aliphatic rings. The highest BCUT2D eigenvalue weighted by Gasteiger charge is 2.27. The third-order valence-corrected chi connectivity index (χ3v) is 6.73. The Morgan fingerprint density at radius 1 is 1.27 bits per heavy atom. The predicted octanol–water partition coefficient (Wildman–Crippen LogP) is 5.31. The van der Waals surface area contributed by atoms with Gasteiger partial charge in [-0.15, -0.1) is 11.3 Å². The van der Waals surface area contributed by atoms with Crippen molar-refractivity contribution in [3.8, 4) is 0 Å². The third-order valence-electron chi connectivity index (χ3n) is 5.53. The number of hydrogen-bond donors (Lipinski definition) is 2. The van der Waals surface area contributed by atoms with Crippen molar-refractivity contribution in [3.63, 3.8) is 0 Å². The number of benzene rings is 1. The minimum Gasteiger partial charge on any atom is -0.343 e. The van der Waals surface area contributed by atoms with E-state index in [1.54, 1.807) is 4.90 Å². The topological polar surface area (TPSA) is 68.4 Å². The van der Waals surface area contributed by atoms with Gasteiger partial charge in [0, 0.05) is 37.3 Å². The molecule has 2 aromatic rings. The number of likely N-dealkylation sites (tertiary alicyclic amines) is 1. The fraction of sp³-hybridized carbons (Fsp3) is 0.591. The molecule has 0 saturated carbocycles. The van der Waals surface area contributed by atoms with Gasteiger partial charge in [0.25, 0.3) is 0 Å². The summed E-state index contributed by atoms with van der Waals surface area (Å²) in [6, 6.07) is 5.96. The standard InChI is InChI=1S/C22H32N4O2S2/c1-14(2)5-8-20(27)25-11-9-16(10-12-25)23-21(28)26(15(3)4)17-6-7-18-19(13-17)30-22(29)24-18/h6-7,13-16H,5,8-12H2,1-4H3,(H,23,28)(H,24,29). The number of rotatable bonds is 6. The molecule has 6 nitrogen and oxygen atoms in total. The van der Waals surface area contributed by atoms with E-state index < -0.39 is 0 Å². The number of thiazole rings is 1. The van der Waals surface area contributed by atoms with Gasteiger partial charge in [0.1, 0.15) is 0 Å². The lowest BCUT2D eigenvalue weighted by molar-refractivity contribution is -0.132. The number of aromatic nitrogens is 1. The summed E-state index contributed by atoms with van der Waals surface area (Å²) in [7, 11) is 0. The molecule has 0 spiro atoms. The molecule has 1 aromatic carbocycles. The van der Waals surface area contributed by atoms with Gasteiger partial charge in [0.2, 0.25) is 5.91 Å². The zero-order valence-electron chi connectivity index (χ0n) is 18.2. The fourth-order valence-corrected chi connectivity index (χ4v) is 4.97. The number of nitrogens with zero attached hydrogens (tertiary/aromatic N) is 2. The Balaban J connectivity index is 1.60. The van der Waals surface area contributed by atoms with Crippen LogP contribution in [-0.2, 0) is 4.79 Å². The van der Waals surface area contributed by atoms with E-state index in [1.807, 2.05) is 36.9 Å². The average molecular weight is 449 g/mol. The lowest BCUT2D eigenvalue weighted by Gasteiger charge is -2.35. The van der Waals surface area contributed by atoms with E-state index in [2.05, 4.69) is 24.1 Å². The Kier molecular flexibility index (Phi) is 7.52. The van der Waals surface area contributed by atoms with Crippen LogP contribution in [0.3, 0.4) is 0 Å². The number of piperidine rings is 1. The van der Waals surface area contributed by atoms with E-state index in [9.17, 15) is 9.59 Å². The van der Waals surface area contributed by atoms with Gasteiger partial charge in [0.05, 0.1) is 10.2 Å². The summed E-state index contributed by atoms with van der Waals surface area (Å²) in [6.07, 6.45) is 3.13. The maximum Gasteiger partial charge on any atom is 0.322 e. The summed E-state index contributed by atoms with van der Waals surface area (Å²) >= 11 is 6.75. The van der Waals surface area contributed by atoms with E-state index in [4.69, 9.17) is 12.2 Å². The van der Waals surface area contributed by atoms with Crippen LogP contribution >= 0.6 is 23.6 Å². The Hall–Kier alpha value is -1.93. The van der Waals surface area contributed by atoms with Gasteiger partial charge in [-0.2, -0.15) is 0 Å². The van der Waals surface area contributed by atoms with Gasteiger partial charge in [-0.3, -0.25) is 9.69 Å². The van der Waals surface area contributed by atoms with E-state index in [-0.39, 0.29) is 24.0 Å². The first-order valence-corrected chi connectivity index (χ1v) is 12.0. The summed E-state index contributed by atoms with van der Waals surface area (Å²) in [6.45, 7) is 9.72. The number of aromatic amines is 1. The molecule has 3 amide bonds. The minimum absolute atomic E-state index is 0.0204. The van der Waals surface area contributed by atoms with Crippen LogP contribution in [0.2, 0.25) is 0 Å². The molecule has 1 aliphatic heterocycles. The van der Waals surface area contributed by atoms with Gasteiger partial charge in [0.15, 0.2) is 3.95 Å². The Bertz CT molecular complexity index is 942. The first-order chi connectivity index (χ1) is 14.2. The second-order valence-corrected chi connectivity index (χ2v) is 10.4. The minimum atomic E-state index is -0.0898. The summed E-state index contributed by atoms with van der Waals surface area (Å²) in [5, 5.41) is 3.19. The molecule has 1 saturated heterocycles. The largest absolute Gasteiger partial charge is 0.343 e. The van der Waals surface area contributed by atoms with Crippen LogP contribution in [-0.4, -0.2) is 47.0 Å². The van der Waals surface area contributed by atoms with Gasteiger partial charge >= 0.3 is 6.03 Å². The van der Waals surface area contributed by atoms with Crippen LogP contribution in [0, 0.1) is 9.87 Å². The number of nitrogens with one attached hydrogen (secondary N) is 2. The first-order valence-electron chi connectivity index (χ1n) is 10.7. The summed E-state index contributed by atoms with van der Waals surface area (Å²) in [5.41, 5.74) is 1.86. The van der Waals surface area contributed by atoms with Gasteiger partial charge in [-0.05, 0) is 69.4 Å². The van der Waals surface area contributed by atoms with Crippen LogP contribution in [0.4, 0.5) is 10.5 Å². The summed E-state index contributed by atoms with van der Waals surface area (Å²) < 4.78 is 1.78. The van der Waals surface area contributed by atoms with Crippen molar-refractivity contribution in [2.24, 2.45) is 5.92 Å². The second kappa shape index (κ2) is 9.92. The van der Waals surface area contributed by atoms with Crippen molar-refractivity contribution in [2.45, 2.75) is 65.5 Å². The van der Waals surface area contributed by atoms with Crippen molar-refractivity contribution in [2.75, 3.05) is 18.0 Å². The third kappa shape index (κ3) is 5.60. The lowest BCUT2D eigenvalue weighted by Crippen LogP contribution is -2.52. The molecule has 0 aliphatic carbocycles. The van der Waals surface area contributed by atoms with E-state index in [0.717, 1.165) is 39.1 Å². The Morgan fingerprint density at radius 2 is 1.97 bits per heavy atom. The predicted molar refractivity (Wildman–Crippen MR) is 127 cm³/mol. The smallest absolute Gasteiger partial charge is 0.322 e. The molecule has 1 aromatic heterocycles. The number of anilines is 1. The molecular formula is C22H32N4O2S2. The number of urea groups is 1. The molecule has 164 valence electrons. The van der Waals surface area contributed by atoms with E-state index >= 15 is 0 Å². The van der Waals surface area contributed by atoms with Crippen molar-refractivity contribution < 1.29 is 9.59 Å². The van der Waals surface area contributed by atoms with Gasteiger partial charge in [-0.25, -0.2) is 4.79 Å². The molecule has 2 N–H and O–H groups in total. The number of amides is 3. The van der Waals surface area contributed by atoms with Crippen LogP contribution in [0.15, 0.2) is 18.2 Å². The quantitative estimate of drug-likeness (QED) is 0.589. The van der Waals surface area contributed by atoms with Crippen molar-refractivity contribution >= 4 is 51.4 Å². The number of carbonyl (C=O) groups excluding carboxylic acids is 2. The number of H-pyrrole nitrogens is 1. The van der Waals surface area contributed by atoms with E-state index in [1.165, 1.54) is 11.3 Å². The summed E-state index contributed by atoms with van der Waals surface area (Å²) in [5.74, 6) is 0.774. The molecule has 0 atom stereocenters. The molecule has 0 radical (unpaired) electrons. The van der Waals surface area contributed by atoms with Crippen LogP contribution in [0.1, 0.15) is 53.4 Å². The Labute approximate surface area is 187 Å². The highest BCUT2D eigenvalue weighted by molar-refractivity contribution is 7.73. The number of fused-ring (bicyclic) bond motifs is 1. The zero-order valence-corrected chi connectivity index (χ0v) is 19.9. The second-order valence-electron chi connectivity index (χ2n) is 8.70. The molecule has 0 bridgehead atoms. The number of carbonyl (C=O) groups is 2. The molecule has 8 heteroatoms. The van der Waals surface area contributed by atoms with Crippen molar-refractivity contribution in [1.29, 1.82) is 0 Å². The monoisotopic (exact) mass is 448 g/mol. The molecule has 1 fully saturated rings. The summed E-state index contributed by atoms with van der Waals surface area (Å²) in [4.78, 5) is 32.3. The Morgan fingerprint density at radius 3 is 2.60 bits per heavy atom. The molecule has 30 heavy (non-hydrogen) atoms. The van der Waals surface area contributed by atoms with Crippen LogP contribution < -0.4 is 10.2 Å². The molecular weight excluding hydrogens is 416 g/mol.